The normalized spacial score (nSPS) is 28.0. The van der Waals surface area contributed by atoms with Crippen LogP contribution in [0.5, 0.6) is 0 Å². The zero-order valence-electron chi connectivity index (χ0n) is 9.52. The second kappa shape index (κ2) is 5.33. The van der Waals surface area contributed by atoms with Gasteiger partial charge in [-0.25, -0.2) is 0 Å². The Morgan fingerprint density at radius 2 is 1.47 bits per heavy atom. The lowest BCUT2D eigenvalue weighted by Crippen LogP contribution is -2.49. The molecule has 2 saturated heterocycles. The lowest BCUT2D eigenvalue weighted by atomic mass is 10.2. The summed E-state index contributed by atoms with van der Waals surface area (Å²) in [7, 11) is 0. The number of carbonyl (C=O) groups is 2. The predicted molar refractivity (Wildman–Crippen MR) is 59.7 cm³/mol. The third-order valence-corrected chi connectivity index (χ3v) is 3.22. The third-order valence-electron chi connectivity index (χ3n) is 3.22. The number of nitrogens with one attached hydrogen (secondary N) is 2. The molecular weight excluding hydrogens is 224 g/mol. The largest absolute Gasteiger partial charge is 0.306 e. The van der Waals surface area contributed by atoms with Gasteiger partial charge in [0.25, 0.3) is 11.8 Å². The summed E-state index contributed by atoms with van der Waals surface area (Å²) in [6.07, 6.45) is 3.05. The van der Waals surface area contributed by atoms with Gasteiger partial charge in [-0.2, -0.15) is 0 Å². The minimum atomic E-state index is -0.531. The van der Waals surface area contributed by atoms with Crippen LogP contribution in [0.25, 0.3) is 0 Å². The van der Waals surface area contributed by atoms with Gasteiger partial charge >= 0.3 is 0 Å². The Balaban J connectivity index is 2.01. The van der Waals surface area contributed by atoms with E-state index in [0.29, 0.717) is 17.9 Å². The first-order valence-electron chi connectivity index (χ1n) is 5.92. The van der Waals surface area contributed by atoms with E-state index in [-0.39, 0.29) is 0 Å². The van der Waals surface area contributed by atoms with Crippen molar-refractivity contribution >= 4 is 11.8 Å². The third kappa shape index (κ3) is 2.50. The molecule has 0 aromatic heterocycles. The van der Waals surface area contributed by atoms with Gasteiger partial charge in [0.05, 0.1) is 17.4 Å². The van der Waals surface area contributed by atoms with Gasteiger partial charge in [0.15, 0.2) is 0 Å². The van der Waals surface area contributed by atoms with E-state index in [1.807, 2.05) is 0 Å². The number of carbonyl (C=O) groups excluding carboxylic acids is 2. The van der Waals surface area contributed by atoms with E-state index in [1.54, 1.807) is 0 Å². The summed E-state index contributed by atoms with van der Waals surface area (Å²) < 4.78 is 0. The molecule has 2 aliphatic rings. The van der Waals surface area contributed by atoms with Crippen molar-refractivity contribution in [3.8, 4) is 0 Å². The maximum Gasteiger partial charge on any atom is 0.269 e. The van der Waals surface area contributed by atoms with Crippen molar-refractivity contribution < 1.29 is 9.59 Å². The van der Waals surface area contributed by atoms with E-state index < -0.39 is 23.9 Å². The highest BCUT2D eigenvalue weighted by molar-refractivity contribution is 5.99. The first-order chi connectivity index (χ1) is 8.24. The first-order valence-corrected chi connectivity index (χ1v) is 5.92. The van der Waals surface area contributed by atoms with E-state index in [9.17, 15) is 14.5 Å². The van der Waals surface area contributed by atoms with Crippen molar-refractivity contribution in [2.45, 2.75) is 37.8 Å². The van der Waals surface area contributed by atoms with Gasteiger partial charge in [-0.1, -0.05) is 0 Å². The Morgan fingerprint density at radius 3 is 1.76 bits per heavy atom. The van der Waals surface area contributed by atoms with Crippen LogP contribution in [-0.4, -0.2) is 42.0 Å². The fraction of sp³-hybridized carbons (Fsp3) is 0.800. The fourth-order valence-electron chi connectivity index (χ4n) is 2.27. The molecule has 2 amide bonds. The molecule has 0 aromatic carbocycles. The molecule has 2 fully saturated rings. The molecule has 0 radical (unpaired) electrons. The molecule has 2 rings (SSSR count). The maximum atomic E-state index is 11.9. The molecule has 2 aliphatic heterocycles. The van der Waals surface area contributed by atoms with E-state index in [1.165, 1.54) is 0 Å². The van der Waals surface area contributed by atoms with Gasteiger partial charge in [0, 0.05) is 0 Å². The van der Waals surface area contributed by atoms with Gasteiger partial charge in [-0.15, -0.1) is 9.92 Å². The Labute approximate surface area is 98.9 Å². The quantitative estimate of drug-likeness (QED) is 0.395. The Bertz CT molecular complexity index is 294. The van der Waals surface area contributed by atoms with Gasteiger partial charge in [-0.3, -0.25) is 9.59 Å². The average molecular weight is 240 g/mol. The molecule has 0 bridgehead atoms. The lowest BCUT2D eigenvalue weighted by molar-refractivity contribution is -0.147. The van der Waals surface area contributed by atoms with E-state index in [0.717, 1.165) is 25.9 Å². The molecule has 2 heterocycles. The van der Waals surface area contributed by atoms with E-state index >= 15 is 0 Å². The van der Waals surface area contributed by atoms with Crippen molar-refractivity contribution in [2.24, 2.45) is 5.29 Å². The van der Waals surface area contributed by atoms with Crippen LogP contribution in [0.4, 0.5) is 0 Å². The summed E-state index contributed by atoms with van der Waals surface area (Å²) in [5.41, 5.74) is 0. The molecule has 17 heavy (non-hydrogen) atoms. The van der Waals surface area contributed by atoms with Crippen LogP contribution in [0, 0.1) is 4.91 Å². The van der Waals surface area contributed by atoms with E-state index in [4.69, 9.17) is 0 Å². The topological polar surface area (TPSA) is 90.9 Å². The van der Waals surface area contributed by atoms with Gasteiger partial charge in [-0.05, 0) is 38.8 Å². The number of imide groups is 1. The molecule has 0 spiro atoms. The Morgan fingerprint density at radius 1 is 1.00 bits per heavy atom. The number of hydrogen-bond donors (Lipinski definition) is 2. The molecule has 0 unspecified atom stereocenters. The number of hydrogen-bond acceptors (Lipinski definition) is 6. The van der Waals surface area contributed by atoms with Crippen molar-refractivity contribution in [3.05, 3.63) is 4.91 Å². The van der Waals surface area contributed by atoms with Gasteiger partial charge in [0.2, 0.25) is 0 Å². The van der Waals surface area contributed by atoms with Crippen LogP contribution < -0.4 is 10.6 Å². The van der Waals surface area contributed by atoms with Crippen LogP contribution in [-0.2, 0) is 9.59 Å². The minimum absolute atomic E-state index is 0.446. The summed E-state index contributed by atoms with van der Waals surface area (Å²) in [4.78, 5) is 34.5. The molecule has 2 N–H and O–H groups in total. The average Bonchev–Trinajstić information content (AvgIpc) is 3.03. The summed E-state index contributed by atoms with van der Waals surface area (Å²) in [5.74, 6) is -1.06. The van der Waals surface area contributed by atoms with Gasteiger partial charge in [0.1, 0.15) is 0 Å². The molecule has 2 atom stereocenters. The monoisotopic (exact) mass is 240 g/mol. The lowest BCUT2D eigenvalue weighted by Gasteiger charge is -2.19. The van der Waals surface area contributed by atoms with Gasteiger partial charge < -0.3 is 10.6 Å². The molecule has 94 valence electrons. The van der Waals surface area contributed by atoms with Crippen LogP contribution in [0.2, 0.25) is 0 Å². The second-order valence-corrected chi connectivity index (χ2v) is 4.37. The molecule has 7 nitrogen and oxygen atoms in total. The standard InChI is InChI=1S/C10H16N4O3/c15-9(7-3-1-5-11-7)14(13-17)10(16)8-4-2-6-12-8/h7-8,11-12H,1-6H2/t7-,8-/m0/s1. The SMILES string of the molecule is O=NN(C(=O)[C@@H]1CCCN1)C(=O)[C@@H]1CCCN1. The highest BCUT2D eigenvalue weighted by Gasteiger charge is 2.36. The van der Waals surface area contributed by atoms with Crippen LogP contribution >= 0.6 is 0 Å². The van der Waals surface area contributed by atoms with Crippen LogP contribution in [0.15, 0.2) is 5.29 Å². The fourth-order valence-corrected chi connectivity index (χ4v) is 2.27. The summed E-state index contributed by atoms with van der Waals surface area (Å²) in [5, 5.41) is 8.97. The molecule has 7 heteroatoms. The Kier molecular flexibility index (Phi) is 3.80. The zero-order valence-corrected chi connectivity index (χ0v) is 9.52. The molecule has 0 saturated carbocycles. The maximum absolute atomic E-state index is 11.9. The zero-order chi connectivity index (χ0) is 12.3. The van der Waals surface area contributed by atoms with Crippen molar-refractivity contribution in [1.29, 1.82) is 0 Å². The van der Waals surface area contributed by atoms with Crippen molar-refractivity contribution in [2.75, 3.05) is 13.1 Å². The minimum Gasteiger partial charge on any atom is -0.306 e. The number of rotatable bonds is 3. The second-order valence-electron chi connectivity index (χ2n) is 4.37. The van der Waals surface area contributed by atoms with Crippen molar-refractivity contribution in [3.63, 3.8) is 0 Å². The Hall–Kier alpha value is -1.34. The van der Waals surface area contributed by atoms with Crippen LogP contribution in [0.3, 0.4) is 0 Å². The smallest absolute Gasteiger partial charge is 0.269 e. The summed E-state index contributed by atoms with van der Waals surface area (Å²) in [6, 6.07) is -0.892. The highest BCUT2D eigenvalue weighted by Crippen LogP contribution is 2.13. The van der Waals surface area contributed by atoms with E-state index in [2.05, 4.69) is 15.9 Å². The number of nitroso groups, excluding NO2 is 1. The predicted octanol–water partition coefficient (Wildman–Crippen LogP) is -0.473. The summed E-state index contributed by atoms with van der Waals surface area (Å²) in [6.45, 7) is 1.47. The summed E-state index contributed by atoms with van der Waals surface area (Å²) >= 11 is 0. The molecular formula is C10H16N4O3. The molecule has 0 aliphatic carbocycles. The van der Waals surface area contributed by atoms with Crippen molar-refractivity contribution in [1.82, 2.24) is 15.6 Å². The van der Waals surface area contributed by atoms with Crippen LogP contribution in [0.1, 0.15) is 25.7 Å². The number of amides is 2. The molecule has 0 aromatic rings. The highest BCUT2D eigenvalue weighted by atomic mass is 16.3. The number of nitrogens with zero attached hydrogens (tertiary/aromatic N) is 2. The first kappa shape index (κ1) is 12.1.